The summed E-state index contributed by atoms with van der Waals surface area (Å²) in [6.07, 6.45) is -6.98. The number of benzene rings is 1. The highest BCUT2D eigenvalue weighted by Crippen LogP contribution is 2.51. The summed E-state index contributed by atoms with van der Waals surface area (Å²) in [5, 5.41) is 12.8. The quantitative estimate of drug-likeness (QED) is 0.275. The number of fused-ring (bicyclic) bond motifs is 3. The largest absolute Gasteiger partial charge is 0.490 e. The number of aliphatic hydroxyl groups is 1. The molecule has 0 radical (unpaired) electrons. The molecule has 216 valence electrons. The summed E-state index contributed by atoms with van der Waals surface area (Å²) in [7, 11) is 0. The molecule has 1 aliphatic heterocycles. The van der Waals surface area contributed by atoms with Gasteiger partial charge < -0.3 is 35.4 Å². The molecule has 1 saturated carbocycles. The second-order valence-corrected chi connectivity index (χ2v) is 10.9. The number of alkyl halides is 3. The van der Waals surface area contributed by atoms with Crippen molar-refractivity contribution < 1.29 is 37.3 Å². The molecule has 1 aromatic carbocycles. The predicted molar refractivity (Wildman–Crippen MR) is 144 cm³/mol. The first kappa shape index (κ1) is 27.5. The molecule has 0 bridgehead atoms. The first-order chi connectivity index (χ1) is 19.4. The van der Waals surface area contributed by atoms with Gasteiger partial charge in [-0.2, -0.15) is 13.2 Å². The molecule has 0 amide bonds. The van der Waals surface area contributed by atoms with Crippen LogP contribution < -0.4 is 16.2 Å². The van der Waals surface area contributed by atoms with Gasteiger partial charge in [0.25, 0.3) is 0 Å². The minimum absolute atomic E-state index is 0.134. The van der Waals surface area contributed by atoms with Crippen molar-refractivity contribution in [1.29, 1.82) is 0 Å². The fourth-order valence-electron chi connectivity index (χ4n) is 5.73. The molecule has 5 N–H and O–H groups in total. The van der Waals surface area contributed by atoms with Crippen LogP contribution in [-0.4, -0.2) is 60.7 Å². The fraction of sp³-hybridized carbons (Fsp3) is 0.385. The number of carbonyl (C=O) groups excluding carboxylic acids is 1. The highest BCUT2D eigenvalue weighted by atomic mass is 79.9. The molecule has 4 aromatic rings. The van der Waals surface area contributed by atoms with Gasteiger partial charge in [0.05, 0.1) is 15.4 Å². The van der Waals surface area contributed by atoms with Crippen LogP contribution in [0.15, 0.2) is 41.3 Å². The van der Waals surface area contributed by atoms with Crippen molar-refractivity contribution in [3.05, 3.63) is 46.8 Å². The molecule has 1 saturated heterocycles. The Morgan fingerprint density at radius 2 is 2.05 bits per heavy atom. The molecule has 6 rings (SSSR count). The Labute approximate surface area is 238 Å². The Morgan fingerprint density at radius 3 is 2.78 bits per heavy atom. The molecule has 0 spiro atoms. The van der Waals surface area contributed by atoms with E-state index >= 15 is 0 Å². The van der Waals surface area contributed by atoms with Crippen LogP contribution >= 0.6 is 15.9 Å². The zero-order valence-electron chi connectivity index (χ0n) is 21.4. The van der Waals surface area contributed by atoms with Crippen LogP contribution in [-0.2, 0) is 20.7 Å². The zero-order valence-corrected chi connectivity index (χ0v) is 23.0. The second kappa shape index (κ2) is 9.70. The lowest BCUT2D eigenvalue weighted by Gasteiger charge is -2.32. The van der Waals surface area contributed by atoms with E-state index in [-0.39, 0.29) is 24.5 Å². The van der Waals surface area contributed by atoms with E-state index in [1.165, 1.54) is 10.9 Å². The van der Waals surface area contributed by atoms with Crippen molar-refractivity contribution >= 4 is 55.5 Å². The number of hydrogen-bond donors (Lipinski definition) is 3. The van der Waals surface area contributed by atoms with Gasteiger partial charge in [-0.15, -0.1) is 0 Å². The summed E-state index contributed by atoms with van der Waals surface area (Å²) in [5.74, 6) is -1.61. The predicted octanol–water partition coefficient (Wildman–Crippen LogP) is 3.81. The van der Waals surface area contributed by atoms with Crippen LogP contribution in [0.3, 0.4) is 0 Å². The van der Waals surface area contributed by atoms with E-state index in [1.807, 2.05) is 6.92 Å². The summed E-state index contributed by atoms with van der Waals surface area (Å²) in [6.45, 7) is 1.88. The molecular formula is C26H24BrF3N6O5. The summed E-state index contributed by atoms with van der Waals surface area (Å²) in [6, 6.07) is 6.85. The number of anilines is 2. The van der Waals surface area contributed by atoms with Crippen LogP contribution in [0.2, 0.25) is 0 Å². The maximum Gasteiger partial charge on any atom is 0.490 e. The van der Waals surface area contributed by atoms with Crippen LogP contribution in [0.1, 0.15) is 31.6 Å². The second-order valence-electron chi connectivity index (χ2n) is 10.0. The molecule has 1 aliphatic carbocycles. The number of nitrogens with zero attached hydrogens (tertiary/aromatic N) is 4. The van der Waals surface area contributed by atoms with Crippen LogP contribution in [0.4, 0.5) is 24.8 Å². The molecule has 3 aromatic heterocycles. The minimum Gasteiger partial charge on any atom is -0.487 e. The van der Waals surface area contributed by atoms with Gasteiger partial charge in [0.15, 0.2) is 11.8 Å². The third-order valence-corrected chi connectivity index (χ3v) is 8.27. The van der Waals surface area contributed by atoms with Crippen molar-refractivity contribution in [1.82, 2.24) is 19.5 Å². The Bertz CT molecular complexity index is 1680. The fourth-order valence-corrected chi connectivity index (χ4v) is 6.07. The maximum absolute atomic E-state index is 13.4. The molecule has 0 unspecified atom stereocenters. The number of nitrogens with two attached hydrogens (primary N) is 2. The van der Waals surface area contributed by atoms with Crippen molar-refractivity contribution in [3.63, 3.8) is 0 Å². The molecule has 2 fully saturated rings. The number of aromatic nitrogens is 4. The average molecular weight is 637 g/mol. The van der Waals surface area contributed by atoms with Crippen molar-refractivity contribution in [2.75, 3.05) is 11.5 Å². The maximum atomic E-state index is 13.4. The number of aliphatic hydroxyl groups excluding tert-OH is 1. The molecule has 2 aliphatic rings. The van der Waals surface area contributed by atoms with Crippen molar-refractivity contribution in [2.24, 2.45) is 0 Å². The van der Waals surface area contributed by atoms with Gasteiger partial charge in [0.2, 0.25) is 0 Å². The van der Waals surface area contributed by atoms with Gasteiger partial charge in [-0.05, 0) is 59.0 Å². The van der Waals surface area contributed by atoms with Gasteiger partial charge in [-0.1, -0.05) is 6.92 Å². The minimum atomic E-state index is -5.29. The van der Waals surface area contributed by atoms with Crippen molar-refractivity contribution in [3.8, 4) is 5.75 Å². The Hall–Kier alpha value is -3.69. The van der Waals surface area contributed by atoms with E-state index in [9.17, 15) is 23.1 Å². The van der Waals surface area contributed by atoms with Gasteiger partial charge >= 0.3 is 12.1 Å². The number of aryl methyl sites for hydroxylation is 1. The third-order valence-electron chi connectivity index (χ3n) is 7.64. The normalized spacial score (nSPS) is 26.0. The van der Waals surface area contributed by atoms with E-state index in [4.69, 9.17) is 25.7 Å². The summed E-state index contributed by atoms with van der Waals surface area (Å²) in [4.78, 5) is 24.7. The number of ether oxygens (including phenoxy) is 3. The zero-order chi connectivity index (χ0) is 29.3. The van der Waals surface area contributed by atoms with E-state index in [0.29, 0.717) is 33.2 Å². The highest BCUT2D eigenvalue weighted by molar-refractivity contribution is 9.10. The summed E-state index contributed by atoms with van der Waals surface area (Å²) >= 11 is 3.33. The molecular weight excluding hydrogens is 613 g/mol. The van der Waals surface area contributed by atoms with Gasteiger partial charge in [0.1, 0.15) is 47.7 Å². The first-order valence-corrected chi connectivity index (χ1v) is 13.5. The molecule has 41 heavy (non-hydrogen) atoms. The van der Waals surface area contributed by atoms with Gasteiger partial charge in [-0.3, -0.25) is 0 Å². The number of pyridine rings is 1. The van der Waals surface area contributed by atoms with Crippen LogP contribution in [0.5, 0.6) is 5.75 Å². The number of halogens is 4. The SMILES string of the molecule is CCc1cn([C@@H]2O[C@@H]3[C@@H](Oc4ccc5cc(Br)c(N)nc5c4)CC[C@]3(OC(=O)C(F)(F)F)[C@H]2O)c2ncnc(N)c12. The molecule has 11 nitrogen and oxygen atoms in total. The number of hydrogen-bond acceptors (Lipinski definition) is 10. The van der Waals surface area contributed by atoms with E-state index < -0.39 is 42.3 Å². The average Bonchev–Trinajstić information content (AvgIpc) is 3.55. The van der Waals surface area contributed by atoms with Crippen LogP contribution in [0, 0.1) is 0 Å². The third kappa shape index (κ3) is 4.42. The lowest BCUT2D eigenvalue weighted by atomic mass is 9.93. The number of esters is 1. The first-order valence-electron chi connectivity index (χ1n) is 12.7. The number of carbonyl (C=O) groups is 1. The van der Waals surface area contributed by atoms with Gasteiger partial charge in [-0.25, -0.2) is 19.7 Å². The molecule has 4 heterocycles. The highest BCUT2D eigenvalue weighted by Gasteiger charge is 2.67. The van der Waals surface area contributed by atoms with Gasteiger partial charge in [0, 0.05) is 17.6 Å². The Balaban J connectivity index is 1.38. The Morgan fingerprint density at radius 1 is 1.27 bits per heavy atom. The molecule has 15 heteroatoms. The van der Waals surface area contributed by atoms with Crippen molar-refractivity contribution in [2.45, 2.75) is 62.5 Å². The van der Waals surface area contributed by atoms with Crippen LogP contribution in [0.25, 0.3) is 21.9 Å². The number of nitrogen functional groups attached to an aromatic ring is 2. The van der Waals surface area contributed by atoms with E-state index in [0.717, 1.165) is 10.9 Å². The standard InChI is InChI=1S/C26H24BrF3N6O5/c1-2-11-9-36(22-17(11)21(32)33-10-34-22)23-18(37)25(41-24(38)26(28,29)30)6-5-16(19(25)40-23)39-13-4-3-12-7-14(27)20(31)35-15(12)8-13/h3-4,7-10,16,18-19,23,37H,2,5-6H2,1H3,(H2,31,35)(H2,32,33,34)/t16-,18-,19+,23+,25-/m0/s1. The molecule has 5 atom stereocenters. The lowest BCUT2D eigenvalue weighted by Crippen LogP contribution is -2.52. The lowest BCUT2D eigenvalue weighted by molar-refractivity contribution is -0.223. The topological polar surface area (TPSA) is 161 Å². The smallest absolute Gasteiger partial charge is 0.487 e. The summed E-state index contributed by atoms with van der Waals surface area (Å²) in [5.41, 5.74) is 11.5. The van der Waals surface area contributed by atoms with E-state index in [1.54, 1.807) is 30.5 Å². The number of rotatable bonds is 5. The summed E-state index contributed by atoms with van der Waals surface area (Å²) < 4.78 is 59.7. The Kier molecular flexibility index (Phi) is 6.50. The monoisotopic (exact) mass is 636 g/mol. The van der Waals surface area contributed by atoms with E-state index in [2.05, 4.69) is 30.9 Å².